The van der Waals surface area contributed by atoms with Crippen LogP contribution in [0.1, 0.15) is 19.4 Å². The van der Waals surface area contributed by atoms with Gasteiger partial charge in [0, 0.05) is 17.2 Å². The zero-order valence-electron chi connectivity index (χ0n) is 13.1. The van der Waals surface area contributed by atoms with Crippen LogP contribution >= 0.6 is 12.2 Å². The van der Waals surface area contributed by atoms with E-state index in [2.05, 4.69) is 22.8 Å². The van der Waals surface area contributed by atoms with Crippen LogP contribution in [0.5, 0.6) is 0 Å². The Morgan fingerprint density at radius 3 is 2.50 bits per heavy atom. The zero-order valence-corrected chi connectivity index (χ0v) is 14.0. The van der Waals surface area contributed by atoms with Gasteiger partial charge < -0.3 is 20.3 Å². The lowest BCUT2D eigenvalue weighted by Gasteiger charge is -2.23. The van der Waals surface area contributed by atoms with E-state index in [1.54, 1.807) is 4.90 Å². The number of carbonyl (C=O) groups is 1. The Kier molecular flexibility index (Phi) is 6.30. The monoisotopic (exact) mass is 322 g/mol. The fourth-order valence-electron chi connectivity index (χ4n) is 2.25. The molecule has 0 aliphatic carbocycles. The minimum atomic E-state index is -0.0846. The maximum absolute atomic E-state index is 11.6. The summed E-state index contributed by atoms with van der Waals surface area (Å²) in [6.07, 6.45) is 0. The fourth-order valence-corrected chi connectivity index (χ4v) is 2.47. The van der Waals surface area contributed by atoms with Crippen molar-refractivity contribution < 1.29 is 14.4 Å². The summed E-state index contributed by atoms with van der Waals surface area (Å²) in [5.41, 5.74) is 2.18. The van der Waals surface area contributed by atoms with Gasteiger partial charge in [-0.15, -0.1) is 0 Å². The molecule has 1 fully saturated rings. The van der Waals surface area contributed by atoms with Gasteiger partial charge in [0.05, 0.1) is 13.2 Å². The molecule has 3 N–H and O–H groups in total. The van der Waals surface area contributed by atoms with Crippen LogP contribution in [0.4, 0.5) is 5.69 Å². The van der Waals surface area contributed by atoms with Crippen molar-refractivity contribution in [2.45, 2.75) is 20.4 Å². The summed E-state index contributed by atoms with van der Waals surface area (Å²) >= 11 is 5.13. The summed E-state index contributed by atoms with van der Waals surface area (Å²) in [7, 11) is 0. The molecule has 0 radical (unpaired) electrons. The largest absolute Gasteiger partial charge is 0.370 e. The summed E-state index contributed by atoms with van der Waals surface area (Å²) < 4.78 is 5.37. The molecule has 2 rings (SSSR count). The quantitative estimate of drug-likeness (QED) is 0.710. The van der Waals surface area contributed by atoms with Crippen LogP contribution in [-0.4, -0.2) is 37.3 Å². The maximum atomic E-state index is 11.6. The van der Waals surface area contributed by atoms with Crippen molar-refractivity contribution in [3.8, 4) is 0 Å². The van der Waals surface area contributed by atoms with Crippen molar-refractivity contribution in [2.75, 3.05) is 31.6 Å². The van der Waals surface area contributed by atoms with Crippen molar-refractivity contribution in [3.05, 3.63) is 29.8 Å². The summed E-state index contributed by atoms with van der Waals surface area (Å²) in [6, 6.07) is 8.17. The molecular formula is C16H24N3O2S+. The number of nitrogens with one attached hydrogen (secondary N) is 3. The number of hydrogen-bond donors (Lipinski definition) is 3. The maximum Gasteiger partial charge on any atom is 0.228 e. The van der Waals surface area contributed by atoms with Gasteiger partial charge in [-0.1, -0.05) is 26.0 Å². The van der Waals surface area contributed by atoms with Crippen LogP contribution in [0.2, 0.25) is 0 Å². The zero-order chi connectivity index (χ0) is 15.9. The summed E-state index contributed by atoms with van der Waals surface area (Å²) in [4.78, 5) is 13.1. The van der Waals surface area contributed by atoms with Crippen LogP contribution in [0.15, 0.2) is 24.3 Å². The van der Waals surface area contributed by atoms with Crippen LogP contribution in [-0.2, 0) is 16.1 Å². The molecule has 120 valence electrons. The Morgan fingerprint density at radius 2 is 1.91 bits per heavy atom. The average molecular weight is 322 g/mol. The molecule has 1 aromatic rings. The Labute approximate surface area is 137 Å². The van der Waals surface area contributed by atoms with E-state index in [4.69, 9.17) is 17.0 Å². The first-order valence-corrected chi connectivity index (χ1v) is 8.07. The van der Waals surface area contributed by atoms with Gasteiger partial charge in [0.15, 0.2) is 5.11 Å². The van der Waals surface area contributed by atoms with Gasteiger partial charge in [0.1, 0.15) is 19.6 Å². The van der Waals surface area contributed by atoms with Gasteiger partial charge in [-0.25, -0.2) is 0 Å². The highest BCUT2D eigenvalue weighted by molar-refractivity contribution is 7.80. The number of amides is 1. The van der Waals surface area contributed by atoms with Gasteiger partial charge in [0.25, 0.3) is 0 Å². The van der Waals surface area contributed by atoms with E-state index < -0.39 is 0 Å². The normalized spacial score (nSPS) is 15.6. The number of thiocarbonyl (C=S) groups is 1. The third-order valence-electron chi connectivity index (χ3n) is 3.63. The molecule has 6 heteroatoms. The lowest BCUT2D eigenvalue weighted by atomic mass is 10.2. The van der Waals surface area contributed by atoms with E-state index in [1.165, 1.54) is 5.56 Å². The van der Waals surface area contributed by atoms with Crippen LogP contribution in [0.25, 0.3) is 0 Å². The number of morpholine rings is 1. The highest BCUT2D eigenvalue weighted by Crippen LogP contribution is 2.09. The highest BCUT2D eigenvalue weighted by Gasteiger charge is 2.14. The lowest BCUT2D eigenvalue weighted by Crippen LogP contribution is -3.12. The average Bonchev–Trinajstić information content (AvgIpc) is 2.50. The van der Waals surface area contributed by atoms with Crippen molar-refractivity contribution >= 4 is 28.9 Å². The first-order valence-electron chi connectivity index (χ1n) is 7.66. The molecule has 0 aromatic heterocycles. The van der Waals surface area contributed by atoms with E-state index >= 15 is 0 Å². The smallest absolute Gasteiger partial charge is 0.228 e. The summed E-state index contributed by atoms with van der Waals surface area (Å²) in [5, 5.41) is 6.04. The second-order valence-corrected chi connectivity index (χ2v) is 6.24. The minimum Gasteiger partial charge on any atom is -0.370 e. The molecule has 1 amide bonds. The van der Waals surface area contributed by atoms with Gasteiger partial charge in [-0.05, 0) is 24.4 Å². The molecule has 22 heavy (non-hydrogen) atoms. The predicted octanol–water partition coefficient (Wildman–Crippen LogP) is 0.571. The lowest BCUT2D eigenvalue weighted by molar-refractivity contribution is -0.921. The highest BCUT2D eigenvalue weighted by atomic mass is 32.1. The molecule has 1 aliphatic heterocycles. The number of hydrogen-bond acceptors (Lipinski definition) is 3. The number of ether oxygens (including phenoxy) is 1. The Morgan fingerprint density at radius 1 is 1.27 bits per heavy atom. The number of carbonyl (C=O) groups excluding carboxylic acids is 1. The van der Waals surface area contributed by atoms with Crippen molar-refractivity contribution in [1.82, 2.24) is 5.32 Å². The number of anilines is 1. The predicted molar refractivity (Wildman–Crippen MR) is 90.9 cm³/mol. The van der Waals surface area contributed by atoms with Crippen LogP contribution in [0, 0.1) is 5.92 Å². The minimum absolute atomic E-state index is 0.0787. The molecule has 0 unspecified atom stereocenters. The van der Waals surface area contributed by atoms with E-state index in [0.717, 1.165) is 38.5 Å². The topological polar surface area (TPSA) is 54.8 Å². The standard InChI is InChI=1S/C16H23N3O2S/c1-12(2)15(20)18-16(22)17-14-5-3-13(4-6-14)11-19-7-9-21-10-8-19/h3-6,12H,7-11H2,1-2H3,(H2,17,18,20,22)/p+1. The fraction of sp³-hybridized carbons (Fsp3) is 0.500. The van der Waals surface area contributed by atoms with Gasteiger partial charge >= 0.3 is 0 Å². The van der Waals surface area contributed by atoms with Gasteiger partial charge in [-0.2, -0.15) is 0 Å². The van der Waals surface area contributed by atoms with E-state index in [1.807, 2.05) is 26.0 Å². The molecule has 1 saturated heterocycles. The summed E-state index contributed by atoms with van der Waals surface area (Å²) in [5.74, 6) is -0.163. The first-order chi connectivity index (χ1) is 10.5. The number of rotatable bonds is 4. The second kappa shape index (κ2) is 8.22. The first kappa shape index (κ1) is 16.9. The van der Waals surface area contributed by atoms with E-state index in [-0.39, 0.29) is 11.8 Å². The molecule has 0 bridgehead atoms. The Bertz CT molecular complexity index is 511. The molecule has 1 heterocycles. The molecule has 0 atom stereocenters. The van der Waals surface area contributed by atoms with Crippen molar-refractivity contribution in [1.29, 1.82) is 0 Å². The van der Waals surface area contributed by atoms with Gasteiger partial charge in [0.2, 0.25) is 5.91 Å². The third kappa shape index (κ3) is 5.36. The SMILES string of the molecule is CC(C)C(=O)NC(=S)Nc1ccc(C[NH+]2CCOCC2)cc1. The molecule has 1 aliphatic rings. The Hall–Kier alpha value is -1.50. The third-order valence-corrected chi connectivity index (χ3v) is 3.83. The Balaban J connectivity index is 1.83. The van der Waals surface area contributed by atoms with Crippen molar-refractivity contribution in [2.24, 2.45) is 5.92 Å². The van der Waals surface area contributed by atoms with Crippen molar-refractivity contribution in [3.63, 3.8) is 0 Å². The molecule has 5 nitrogen and oxygen atoms in total. The van der Waals surface area contributed by atoms with E-state index in [9.17, 15) is 4.79 Å². The number of quaternary nitrogens is 1. The second-order valence-electron chi connectivity index (χ2n) is 5.83. The summed E-state index contributed by atoms with van der Waals surface area (Å²) in [6.45, 7) is 8.49. The van der Waals surface area contributed by atoms with Crippen LogP contribution in [0.3, 0.4) is 0 Å². The van der Waals surface area contributed by atoms with E-state index in [0.29, 0.717) is 5.11 Å². The molecule has 1 aromatic carbocycles. The van der Waals surface area contributed by atoms with Gasteiger partial charge in [-0.3, -0.25) is 4.79 Å². The molecular weight excluding hydrogens is 298 g/mol. The molecule has 0 spiro atoms. The molecule has 0 saturated carbocycles. The number of benzene rings is 1. The van der Waals surface area contributed by atoms with Crippen LogP contribution < -0.4 is 15.5 Å².